The van der Waals surface area contributed by atoms with Crippen molar-refractivity contribution in [2.75, 3.05) is 22.8 Å². The van der Waals surface area contributed by atoms with E-state index in [1.807, 2.05) is 31.2 Å². The summed E-state index contributed by atoms with van der Waals surface area (Å²) in [6.45, 7) is 4.12. The number of ether oxygens (including phenoxy) is 1. The van der Waals surface area contributed by atoms with Crippen molar-refractivity contribution in [1.29, 1.82) is 0 Å². The fourth-order valence-corrected chi connectivity index (χ4v) is 5.38. The largest absolute Gasteiger partial charge is 0.494 e. The SMILES string of the molecule is CCOc1cccc(NC(=O)CN2c3ccc(CC)cc3-c3ccccc3S2(=O)=O)c1. The molecule has 3 aromatic rings. The van der Waals surface area contributed by atoms with Crippen molar-refractivity contribution in [3.05, 3.63) is 72.3 Å². The molecule has 0 aromatic heterocycles. The Morgan fingerprint density at radius 1 is 0.968 bits per heavy atom. The van der Waals surface area contributed by atoms with Crippen LogP contribution in [0.4, 0.5) is 11.4 Å². The molecule has 3 aromatic carbocycles. The highest BCUT2D eigenvalue weighted by molar-refractivity contribution is 7.93. The number of fused-ring (bicyclic) bond motifs is 3. The number of carbonyl (C=O) groups excluding carboxylic acids is 1. The normalized spacial score (nSPS) is 13.8. The molecule has 6 nitrogen and oxygen atoms in total. The third kappa shape index (κ3) is 4.01. The van der Waals surface area contributed by atoms with Gasteiger partial charge in [0.05, 0.1) is 17.2 Å². The predicted molar refractivity (Wildman–Crippen MR) is 122 cm³/mol. The van der Waals surface area contributed by atoms with Crippen LogP contribution in [0.5, 0.6) is 5.75 Å². The summed E-state index contributed by atoms with van der Waals surface area (Å²) in [5, 5.41) is 2.78. The fraction of sp³-hybridized carbons (Fsp3) is 0.208. The number of nitrogens with zero attached hydrogens (tertiary/aromatic N) is 1. The molecule has 1 N–H and O–H groups in total. The van der Waals surface area contributed by atoms with E-state index in [9.17, 15) is 13.2 Å². The first kappa shape index (κ1) is 20.9. The summed E-state index contributed by atoms with van der Waals surface area (Å²) in [6, 6.07) is 19.6. The monoisotopic (exact) mass is 436 g/mol. The number of carbonyl (C=O) groups is 1. The molecule has 0 spiro atoms. The Kier molecular flexibility index (Phi) is 5.69. The minimum absolute atomic E-state index is 0.210. The second kappa shape index (κ2) is 8.43. The van der Waals surface area contributed by atoms with Crippen molar-refractivity contribution in [3.8, 4) is 16.9 Å². The first-order valence-corrected chi connectivity index (χ1v) is 11.7. The molecular weight excluding hydrogens is 412 g/mol. The highest BCUT2D eigenvalue weighted by atomic mass is 32.2. The molecule has 1 amide bonds. The number of hydrogen-bond acceptors (Lipinski definition) is 4. The second-order valence-electron chi connectivity index (χ2n) is 7.22. The Hall–Kier alpha value is -3.32. The molecule has 0 bridgehead atoms. The predicted octanol–water partition coefficient (Wildman–Crippen LogP) is 4.46. The second-order valence-corrected chi connectivity index (χ2v) is 9.05. The van der Waals surface area contributed by atoms with E-state index < -0.39 is 15.9 Å². The first-order valence-electron chi connectivity index (χ1n) is 10.2. The molecule has 1 aliphatic rings. The van der Waals surface area contributed by atoms with Crippen LogP contribution in [0.2, 0.25) is 0 Å². The molecule has 1 aliphatic heterocycles. The zero-order chi connectivity index (χ0) is 22.0. The molecule has 0 saturated heterocycles. The summed E-state index contributed by atoms with van der Waals surface area (Å²) in [5.74, 6) is 0.208. The van der Waals surface area contributed by atoms with E-state index in [0.717, 1.165) is 17.5 Å². The highest BCUT2D eigenvalue weighted by Gasteiger charge is 2.35. The van der Waals surface area contributed by atoms with Gasteiger partial charge in [-0.2, -0.15) is 0 Å². The van der Waals surface area contributed by atoms with E-state index in [0.29, 0.717) is 29.3 Å². The Morgan fingerprint density at radius 2 is 1.77 bits per heavy atom. The number of nitrogens with one attached hydrogen (secondary N) is 1. The molecule has 0 atom stereocenters. The minimum Gasteiger partial charge on any atom is -0.494 e. The van der Waals surface area contributed by atoms with Gasteiger partial charge in [0, 0.05) is 22.9 Å². The summed E-state index contributed by atoms with van der Waals surface area (Å²) in [4.78, 5) is 13.0. The maximum Gasteiger partial charge on any atom is 0.265 e. The molecule has 160 valence electrons. The number of amides is 1. The van der Waals surface area contributed by atoms with Crippen LogP contribution in [0.3, 0.4) is 0 Å². The van der Waals surface area contributed by atoms with Crippen LogP contribution < -0.4 is 14.4 Å². The van der Waals surface area contributed by atoms with E-state index in [2.05, 4.69) is 12.2 Å². The van der Waals surface area contributed by atoms with Gasteiger partial charge in [-0.05, 0) is 49.2 Å². The van der Waals surface area contributed by atoms with Crippen molar-refractivity contribution < 1.29 is 17.9 Å². The number of sulfonamides is 1. The van der Waals surface area contributed by atoms with Crippen molar-refractivity contribution >= 4 is 27.3 Å². The van der Waals surface area contributed by atoms with E-state index in [4.69, 9.17) is 4.74 Å². The number of benzene rings is 3. The van der Waals surface area contributed by atoms with Gasteiger partial charge in [-0.1, -0.05) is 37.3 Å². The quantitative estimate of drug-likeness (QED) is 0.619. The Bertz CT molecular complexity index is 1240. The first-order chi connectivity index (χ1) is 14.9. The van der Waals surface area contributed by atoms with Crippen LogP contribution in [-0.4, -0.2) is 27.5 Å². The number of anilines is 2. The van der Waals surface area contributed by atoms with Crippen LogP contribution in [0.25, 0.3) is 11.1 Å². The molecule has 0 aliphatic carbocycles. The van der Waals surface area contributed by atoms with E-state index >= 15 is 0 Å². The third-order valence-electron chi connectivity index (χ3n) is 5.20. The summed E-state index contributed by atoms with van der Waals surface area (Å²) in [7, 11) is -3.87. The van der Waals surface area contributed by atoms with Crippen LogP contribution >= 0.6 is 0 Å². The molecule has 0 radical (unpaired) electrons. The minimum atomic E-state index is -3.87. The zero-order valence-corrected chi connectivity index (χ0v) is 18.3. The Balaban J connectivity index is 1.68. The highest BCUT2D eigenvalue weighted by Crippen LogP contribution is 2.43. The molecular formula is C24H24N2O4S. The zero-order valence-electron chi connectivity index (χ0n) is 17.5. The van der Waals surface area contributed by atoms with E-state index in [-0.39, 0.29) is 11.4 Å². The summed E-state index contributed by atoms with van der Waals surface area (Å²) < 4.78 is 33.4. The number of rotatable bonds is 6. The lowest BCUT2D eigenvalue weighted by Gasteiger charge is -2.32. The Labute approximate surface area is 182 Å². The molecule has 0 saturated carbocycles. The molecule has 0 fully saturated rings. The Morgan fingerprint density at radius 3 is 2.55 bits per heavy atom. The maximum atomic E-state index is 13.4. The van der Waals surface area contributed by atoms with Crippen molar-refractivity contribution in [1.82, 2.24) is 0 Å². The summed E-state index contributed by atoms with van der Waals surface area (Å²) in [6.07, 6.45) is 0.832. The molecule has 4 rings (SSSR count). The third-order valence-corrected chi connectivity index (χ3v) is 7.02. The summed E-state index contributed by atoms with van der Waals surface area (Å²) in [5.41, 5.74) is 3.64. The fourth-order valence-electron chi connectivity index (χ4n) is 3.73. The van der Waals surface area contributed by atoms with Gasteiger partial charge in [0.15, 0.2) is 0 Å². The average molecular weight is 437 g/mol. The van der Waals surface area contributed by atoms with Gasteiger partial charge in [0.1, 0.15) is 12.3 Å². The lowest BCUT2D eigenvalue weighted by molar-refractivity contribution is -0.114. The van der Waals surface area contributed by atoms with Gasteiger partial charge in [-0.25, -0.2) is 8.42 Å². The molecule has 31 heavy (non-hydrogen) atoms. The molecule has 7 heteroatoms. The van der Waals surface area contributed by atoms with Gasteiger partial charge < -0.3 is 10.1 Å². The van der Waals surface area contributed by atoms with Crippen LogP contribution in [0, 0.1) is 0 Å². The van der Waals surface area contributed by atoms with E-state index in [1.165, 1.54) is 4.31 Å². The number of hydrogen-bond donors (Lipinski definition) is 1. The van der Waals surface area contributed by atoms with Gasteiger partial charge in [-0.3, -0.25) is 9.10 Å². The van der Waals surface area contributed by atoms with Crippen LogP contribution in [0.1, 0.15) is 19.4 Å². The average Bonchev–Trinajstić information content (AvgIpc) is 2.77. The standard InChI is InChI=1S/C24H24N2O4S/c1-3-17-12-13-22-21(14-17)20-10-5-6-11-23(20)31(28,29)26(22)16-24(27)25-18-8-7-9-19(15-18)30-4-2/h5-15H,3-4,16H2,1-2H3,(H,25,27). The lowest BCUT2D eigenvalue weighted by atomic mass is 9.99. The van der Waals surface area contributed by atoms with Gasteiger partial charge in [0.25, 0.3) is 10.0 Å². The van der Waals surface area contributed by atoms with Crippen molar-refractivity contribution in [2.24, 2.45) is 0 Å². The van der Waals surface area contributed by atoms with Crippen LogP contribution in [-0.2, 0) is 21.2 Å². The summed E-state index contributed by atoms with van der Waals surface area (Å²) >= 11 is 0. The van der Waals surface area contributed by atoms with Gasteiger partial charge >= 0.3 is 0 Å². The smallest absolute Gasteiger partial charge is 0.265 e. The van der Waals surface area contributed by atoms with E-state index in [1.54, 1.807) is 42.5 Å². The van der Waals surface area contributed by atoms with Gasteiger partial charge in [-0.15, -0.1) is 0 Å². The maximum absolute atomic E-state index is 13.4. The van der Waals surface area contributed by atoms with Gasteiger partial charge in [0.2, 0.25) is 5.91 Å². The van der Waals surface area contributed by atoms with Crippen molar-refractivity contribution in [2.45, 2.75) is 25.2 Å². The lowest BCUT2D eigenvalue weighted by Crippen LogP contribution is -2.40. The van der Waals surface area contributed by atoms with Crippen molar-refractivity contribution in [3.63, 3.8) is 0 Å². The van der Waals surface area contributed by atoms with Crippen LogP contribution in [0.15, 0.2) is 71.6 Å². The molecule has 0 unspecified atom stereocenters. The topological polar surface area (TPSA) is 75.7 Å². The molecule has 1 heterocycles. The number of aryl methyl sites for hydroxylation is 1.